The van der Waals surface area contributed by atoms with Crippen molar-refractivity contribution in [2.45, 2.75) is 12.8 Å². The normalized spacial score (nSPS) is 14.0. The first-order valence-corrected chi connectivity index (χ1v) is 8.13. The van der Waals surface area contributed by atoms with Gasteiger partial charge in [0, 0.05) is 30.8 Å². The van der Waals surface area contributed by atoms with Gasteiger partial charge in [-0.05, 0) is 41.1 Å². The van der Waals surface area contributed by atoms with Crippen molar-refractivity contribution in [1.29, 1.82) is 0 Å². The summed E-state index contributed by atoms with van der Waals surface area (Å²) in [6.07, 6.45) is 2.92. The minimum atomic E-state index is -0.323. The highest BCUT2D eigenvalue weighted by atomic mass is 16.5. The average Bonchev–Trinajstić information content (AvgIpc) is 3.29. The third kappa shape index (κ3) is 2.83. The van der Waals surface area contributed by atoms with E-state index in [0.717, 1.165) is 6.42 Å². The van der Waals surface area contributed by atoms with Crippen LogP contribution in [0.25, 0.3) is 5.65 Å². The minimum Gasteiger partial charge on any atom is -0.497 e. The first-order chi connectivity index (χ1) is 12.7. The standard InChI is InChI=1S/C17H16N6O3/c1-26-12-4-5-14(22-7-2-3-16(22)24)13(10-12)18-17(25)11-6-8-23-15(9-11)19-20-21-23/h4-6,8-10H,2-3,7H2,1H3,(H,18,25). The van der Waals surface area contributed by atoms with Gasteiger partial charge in [-0.15, -0.1) is 5.10 Å². The molecule has 3 heterocycles. The van der Waals surface area contributed by atoms with Crippen LogP contribution in [-0.2, 0) is 4.79 Å². The van der Waals surface area contributed by atoms with Crippen molar-refractivity contribution in [3.8, 4) is 5.75 Å². The summed E-state index contributed by atoms with van der Waals surface area (Å²) in [5.41, 5.74) is 2.06. The molecule has 1 aromatic carbocycles. The van der Waals surface area contributed by atoms with Crippen LogP contribution in [0.15, 0.2) is 36.5 Å². The van der Waals surface area contributed by atoms with Crippen molar-refractivity contribution in [2.75, 3.05) is 23.9 Å². The van der Waals surface area contributed by atoms with Gasteiger partial charge in [0.2, 0.25) is 5.91 Å². The van der Waals surface area contributed by atoms with Crippen molar-refractivity contribution < 1.29 is 14.3 Å². The van der Waals surface area contributed by atoms with Gasteiger partial charge < -0.3 is 15.0 Å². The lowest BCUT2D eigenvalue weighted by molar-refractivity contribution is -0.117. The second-order valence-corrected chi connectivity index (χ2v) is 5.88. The number of tetrazole rings is 1. The predicted molar refractivity (Wildman–Crippen MR) is 93.3 cm³/mol. The van der Waals surface area contributed by atoms with Crippen molar-refractivity contribution in [1.82, 2.24) is 20.0 Å². The van der Waals surface area contributed by atoms with Crippen LogP contribution in [0.4, 0.5) is 11.4 Å². The number of nitrogens with one attached hydrogen (secondary N) is 1. The molecule has 9 nitrogen and oxygen atoms in total. The number of fused-ring (bicyclic) bond motifs is 1. The zero-order valence-electron chi connectivity index (χ0n) is 14.0. The van der Waals surface area contributed by atoms with Gasteiger partial charge in [0.1, 0.15) is 5.75 Å². The number of hydrogen-bond acceptors (Lipinski definition) is 6. The zero-order chi connectivity index (χ0) is 18.1. The van der Waals surface area contributed by atoms with E-state index in [9.17, 15) is 9.59 Å². The molecule has 3 aromatic rings. The molecule has 132 valence electrons. The third-order valence-electron chi connectivity index (χ3n) is 4.28. The summed E-state index contributed by atoms with van der Waals surface area (Å²) in [7, 11) is 1.55. The second-order valence-electron chi connectivity index (χ2n) is 5.88. The van der Waals surface area contributed by atoms with E-state index in [0.29, 0.717) is 41.3 Å². The Morgan fingerprint density at radius 3 is 2.92 bits per heavy atom. The SMILES string of the molecule is COc1ccc(N2CCCC2=O)c(NC(=O)c2ccn3nnnc3c2)c1. The van der Waals surface area contributed by atoms with Crippen LogP contribution in [0.2, 0.25) is 0 Å². The number of anilines is 2. The number of benzene rings is 1. The summed E-state index contributed by atoms with van der Waals surface area (Å²) in [6.45, 7) is 0.630. The van der Waals surface area contributed by atoms with E-state index in [-0.39, 0.29) is 11.8 Å². The maximum atomic E-state index is 12.7. The molecule has 1 saturated heterocycles. The Balaban J connectivity index is 1.67. The summed E-state index contributed by atoms with van der Waals surface area (Å²) < 4.78 is 6.72. The number of hydrogen-bond donors (Lipinski definition) is 1. The molecule has 26 heavy (non-hydrogen) atoms. The monoisotopic (exact) mass is 352 g/mol. The maximum absolute atomic E-state index is 12.7. The van der Waals surface area contributed by atoms with Gasteiger partial charge in [0.25, 0.3) is 5.91 Å². The Morgan fingerprint density at radius 1 is 1.27 bits per heavy atom. The number of rotatable bonds is 4. The van der Waals surface area contributed by atoms with Crippen LogP contribution in [0.3, 0.4) is 0 Å². The lowest BCUT2D eigenvalue weighted by Gasteiger charge is -2.20. The lowest BCUT2D eigenvalue weighted by atomic mass is 10.2. The molecular formula is C17H16N6O3. The van der Waals surface area contributed by atoms with Crippen molar-refractivity contribution in [2.24, 2.45) is 0 Å². The highest BCUT2D eigenvalue weighted by Gasteiger charge is 2.25. The molecule has 1 fully saturated rings. The smallest absolute Gasteiger partial charge is 0.255 e. The van der Waals surface area contributed by atoms with Gasteiger partial charge in [-0.25, -0.2) is 4.52 Å². The van der Waals surface area contributed by atoms with Gasteiger partial charge in [-0.1, -0.05) is 0 Å². The molecule has 2 amide bonds. The lowest BCUT2D eigenvalue weighted by Crippen LogP contribution is -2.25. The Hall–Kier alpha value is -3.49. The molecule has 0 atom stereocenters. The number of aromatic nitrogens is 4. The molecule has 0 unspecified atom stereocenters. The number of carbonyl (C=O) groups is 2. The van der Waals surface area contributed by atoms with Gasteiger partial charge in [0.15, 0.2) is 5.65 Å². The van der Waals surface area contributed by atoms with E-state index in [2.05, 4.69) is 20.8 Å². The zero-order valence-corrected chi connectivity index (χ0v) is 14.0. The van der Waals surface area contributed by atoms with E-state index in [4.69, 9.17) is 4.74 Å². The van der Waals surface area contributed by atoms with Crippen LogP contribution >= 0.6 is 0 Å². The maximum Gasteiger partial charge on any atom is 0.255 e. The molecule has 4 rings (SSSR count). The summed E-state index contributed by atoms with van der Waals surface area (Å²) in [6, 6.07) is 8.47. The molecule has 1 aliphatic rings. The Bertz CT molecular complexity index is 999. The van der Waals surface area contributed by atoms with E-state index in [1.54, 1.807) is 48.5 Å². The number of carbonyl (C=O) groups excluding carboxylic acids is 2. The molecule has 0 saturated carbocycles. The van der Waals surface area contributed by atoms with Gasteiger partial charge in [-0.3, -0.25) is 9.59 Å². The topological polar surface area (TPSA) is 102 Å². The summed E-state index contributed by atoms with van der Waals surface area (Å²) in [5.74, 6) is 0.311. The number of pyridine rings is 1. The third-order valence-corrected chi connectivity index (χ3v) is 4.28. The van der Waals surface area contributed by atoms with Crippen LogP contribution in [0.5, 0.6) is 5.75 Å². The van der Waals surface area contributed by atoms with Crippen molar-refractivity contribution in [3.05, 3.63) is 42.1 Å². The van der Waals surface area contributed by atoms with Crippen LogP contribution < -0.4 is 15.0 Å². The molecule has 1 N–H and O–H groups in total. The number of nitrogens with zero attached hydrogens (tertiary/aromatic N) is 5. The van der Waals surface area contributed by atoms with Crippen LogP contribution in [-0.4, -0.2) is 45.5 Å². The molecular weight excluding hydrogens is 336 g/mol. The fraction of sp³-hybridized carbons (Fsp3) is 0.235. The van der Waals surface area contributed by atoms with Crippen molar-refractivity contribution >= 4 is 28.8 Å². The fourth-order valence-corrected chi connectivity index (χ4v) is 2.96. The molecule has 0 radical (unpaired) electrons. The Kier molecular flexibility index (Phi) is 3.96. The molecule has 0 bridgehead atoms. The molecule has 0 aliphatic carbocycles. The summed E-state index contributed by atoms with van der Waals surface area (Å²) in [4.78, 5) is 26.5. The highest BCUT2D eigenvalue weighted by molar-refractivity contribution is 6.08. The summed E-state index contributed by atoms with van der Waals surface area (Å²) >= 11 is 0. The molecule has 9 heteroatoms. The fourth-order valence-electron chi connectivity index (χ4n) is 2.96. The van der Waals surface area contributed by atoms with E-state index < -0.39 is 0 Å². The van der Waals surface area contributed by atoms with Crippen molar-refractivity contribution in [3.63, 3.8) is 0 Å². The second kappa shape index (κ2) is 6.43. The molecule has 2 aromatic heterocycles. The van der Waals surface area contributed by atoms with E-state index >= 15 is 0 Å². The van der Waals surface area contributed by atoms with Gasteiger partial charge >= 0.3 is 0 Å². The number of amides is 2. The highest BCUT2D eigenvalue weighted by Crippen LogP contribution is 2.33. The first-order valence-electron chi connectivity index (χ1n) is 8.13. The van der Waals surface area contributed by atoms with Gasteiger partial charge in [0.05, 0.1) is 18.5 Å². The minimum absolute atomic E-state index is 0.0432. The predicted octanol–water partition coefficient (Wildman–Crippen LogP) is 1.51. The van der Waals surface area contributed by atoms with Crippen LogP contribution in [0.1, 0.15) is 23.2 Å². The van der Waals surface area contributed by atoms with Crippen LogP contribution in [0, 0.1) is 0 Å². The largest absolute Gasteiger partial charge is 0.497 e. The molecule has 0 spiro atoms. The van der Waals surface area contributed by atoms with Gasteiger partial charge in [-0.2, -0.15) is 0 Å². The Morgan fingerprint density at radius 2 is 2.15 bits per heavy atom. The number of ether oxygens (including phenoxy) is 1. The summed E-state index contributed by atoms with van der Waals surface area (Å²) in [5, 5.41) is 14.0. The average molecular weight is 352 g/mol. The first kappa shape index (κ1) is 16.0. The number of methoxy groups -OCH3 is 1. The Labute approximate surface area is 148 Å². The van der Waals surface area contributed by atoms with E-state index in [1.165, 1.54) is 4.52 Å². The quantitative estimate of drug-likeness (QED) is 0.764. The molecule has 1 aliphatic heterocycles. The van der Waals surface area contributed by atoms with E-state index in [1.807, 2.05) is 0 Å².